The molecule has 0 bridgehead atoms. The Kier molecular flexibility index (Phi) is 6.89. The van der Waals surface area contributed by atoms with Gasteiger partial charge < -0.3 is 19.9 Å². The lowest BCUT2D eigenvalue weighted by molar-refractivity contribution is -0.137. The summed E-state index contributed by atoms with van der Waals surface area (Å²) in [6.45, 7) is 9.07. The van der Waals surface area contributed by atoms with Crippen LogP contribution in [0.5, 0.6) is 5.75 Å². The van der Waals surface area contributed by atoms with E-state index >= 15 is 0 Å². The van der Waals surface area contributed by atoms with Crippen LogP contribution in [-0.4, -0.2) is 75.3 Å². The van der Waals surface area contributed by atoms with Gasteiger partial charge in [-0.1, -0.05) is 12.1 Å². The maximum absolute atomic E-state index is 13.6. The first-order valence-corrected chi connectivity index (χ1v) is 14.3. The smallest absolute Gasteiger partial charge is 0.262 e. The van der Waals surface area contributed by atoms with Gasteiger partial charge in [-0.25, -0.2) is 8.42 Å². The van der Waals surface area contributed by atoms with E-state index in [2.05, 4.69) is 42.3 Å². The number of hydrogen-bond acceptors (Lipinski definition) is 6. The number of ether oxygens (including phenoxy) is 1. The van der Waals surface area contributed by atoms with Gasteiger partial charge in [0.15, 0.2) is 6.61 Å². The van der Waals surface area contributed by atoms with Crippen LogP contribution >= 0.6 is 0 Å². The Bertz CT molecular complexity index is 1330. The van der Waals surface area contributed by atoms with Crippen LogP contribution in [0.25, 0.3) is 0 Å². The summed E-state index contributed by atoms with van der Waals surface area (Å²) < 4.78 is 34.1. The number of rotatable bonds is 4. The zero-order valence-electron chi connectivity index (χ0n) is 21.6. The number of anilines is 2. The second-order valence-electron chi connectivity index (χ2n) is 10.3. The molecular weight excluding hydrogens is 492 g/mol. The summed E-state index contributed by atoms with van der Waals surface area (Å²) in [5.41, 5.74) is 4.66. The molecule has 0 spiro atoms. The van der Waals surface area contributed by atoms with Gasteiger partial charge in [0.1, 0.15) is 5.75 Å². The lowest BCUT2D eigenvalue weighted by Crippen LogP contribution is -2.53. The summed E-state index contributed by atoms with van der Waals surface area (Å²) in [5, 5.41) is 2.71. The normalized spacial score (nSPS) is 20.7. The van der Waals surface area contributed by atoms with Crippen molar-refractivity contribution in [2.45, 2.75) is 38.5 Å². The molecule has 1 atom stereocenters. The first-order valence-electron chi connectivity index (χ1n) is 12.8. The highest BCUT2D eigenvalue weighted by Gasteiger charge is 2.37. The van der Waals surface area contributed by atoms with E-state index in [0.717, 1.165) is 13.1 Å². The number of sulfonamides is 1. The summed E-state index contributed by atoms with van der Waals surface area (Å²) >= 11 is 0. The molecule has 0 aromatic heterocycles. The summed E-state index contributed by atoms with van der Waals surface area (Å²) in [7, 11) is -3.83. The average molecular weight is 527 g/mol. The SMILES string of the molecule is Cc1ccc(C)c(N2CCN(C(=O)[C@@H]3CCCN(S(=O)(=O)c4cc5c(cc4C)NC(=O)CO5)C3)CC2)c1. The number of nitrogens with one attached hydrogen (secondary N) is 1. The highest BCUT2D eigenvalue weighted by atomic mass is 32.2. The van der Waals surface area contributed by atoms with Crippen LogP contribution < -0.4 is 15.0 Å². The second kappa shape index (κ2) is 9.98. The molecule has 0 aliphatic carbocycles. The van der Waals surface area contributed by atoms with Crippen molar-refractivity contribution < 1.29 is 22.7 Å². The summed E-state index contributed by atoms with van der Waals surface area (Å²) in [5.74, 6) is -0.247. The number of aryl methyl sites for hydroxylation is 3. The monoisotopic (exact) mass is 526 g/mol. The van der Waals surface area contributed by atoms with Gasteiger partial charge in [0.25, 0.3) is 5.91 Å². The van der Waals surface area contributed by atoms with Crippen LogP contribution in [-0.2, 0) is 19.6 Å². The molecular formula is C27H34N4O5S. The van der Waals surface area contributed by atoms with Gasteiger partial charge in [0.05, 0.1) is 16.5 Å². The second-order valence-corrected chi connectivity index (χ2v) is 12.2. The van der Waals surface area contributed by atoms with E-state index in [0.29, 0.717) is 49.5 Å². The summed E-state index contributed by atoms with van der Waals surface area (Å²) in [6.07, 6.45) is 1.31. The number of amides is 2. The van der Waals surface area contributed by atoms with Crippen molar-refractivity contribution in [3.05, 3.63) is 47.0 Å². The van der Waals surface area contributed by atoms with E-state index in [4.69, 9.17) is 4.74 Å². The van der Waals surface area contributed by atoms with Crippen LogP contribution in [0.1, 0.15) is 29.5 Å². The molecule has 9 nitrogen and oxygen atoms in total. The number of piperazine rings is 1. The van der Waals surface area contributed by atoms with Gasteiger partial charge in [0, 0.05) is 51.0 Å². The first kappa shape index (κ1) is 25.5. The van der Waals surface area contributed by atoms with Crippen molar-refractivity contribution in [1.29, 1.82) is 0 Å². The summed E-state index contributed by atoms with van der Waals surface area (Å²) in [4.78, 5) is 29.4. The minimum Gasteiger partial charge on any atom is -0.482 e. The molecule has 0 unspecified atom stereocenters. The number of carbonyl (C=O) groups excluding carboxylic acids is 2. The van der Waals surface area contributed by atoms with Crippen LogP contribution in [0.2, 0.25) is 0 Å². The topological polar surface area (TPSA) is 99.3 Å². The van der Waals surface area contributed by atoms with Crippen LogP contribution in [0.15, 0.2) is 35.2 Å². The third-order valence-electron chi connectivity index (χ3n) is 7.56. The molecule has 37 heavy (non-hydrogen) atoms. The molecule has 3 heterocycles. The molecule has 3 aliphatic heterocycles. The molecule has 3 aliphatic rings. The number of nitrogens with zero attached hydrogens (tertiary/aromatic N) is 3. The van der Waals surface area contributed by atoms with Crippen molar-refractivity contribution in [3.8, 4) is 5.75 Å². The number of piperidine rings is 1. The molecule has 1 N–H and O–H groups in total. The fourth-order valence-corrected chi connectivity index (χ4v) is 7.23. The van der Waals surface area contributed by atoms with E-state index in [1.165, 1.54) is 27.2 Å². The van der Waals surface area contributed by atoms with E-state index in [-0.39, 0.29) is 35.8 Å². The van der Waals surface area contributed by atoms with E-state index in [1.54, 1.807) is 13.0 Å². The third kappa shape index (κ3) is 5.04. The van der Waals surface area contributed by atoms with Crippen LogP contribution in [0, 0.1) is 26.7 Å². The zero-order chi connectivity index (χ0) is 26.3. The average Bonchev–Trinajstić information content (AvgIpc) is 2.89. The fraction of sp³-hybridized carbons (Fsp3) is 0.481. The minimum atomic E-state index is -3.83. The van der Waals surface area contributed by atoms with Gasteiger partial charge in [-0.15, -0.1) is 0 Å². The van der Waals surface area contributed by atoms with E-state index in [1.807, 2.05) is 4.90 Å². The Morgan fingerprint density at radius 3 is 2.51 bits per heavy atom. The standard InChI is InChI=1S/C27H34N4O5S/c1-18-6-7-19(2)23(13-18)29-9-11-30(12-10-29)27(33)21-5-4-8-31(16-21)37(34,35)25-15-24-22(14-20(25)3)28-26(32)17-36-24/h6-7,13-15,21H,4-5,8-12,16-17H2,1-3H3,(H,28,32)/t21-/m1/s1. The first-order chi connectivity index (χ1) is 17.6. The van der Waals surface area contributed by atoms with Crippen molar-refractivity contribution in [2.24, 2.45) is 5.92 Å². The predicted molar refractivity (Wildman–Crippen MR) is 141 cm³/mol. The highest BCUT2D eigenvalue weighted by molar-refractivity contribution is 7.89. The van der Waals surface area contributed by atoms with E-state index < -0.39 is 10.0 Å². The molecule has 2 fully saturated rings. The molecule has 10 heteroatoms. The highest BCUT2D eigenvalue weighted by Crippen LogP contribution is 2.35. The van der Waals surface area contributed by atoms with Gasteiger partial charge in [0.2, 0.25) is 15.9 Å². The zero-order valence-corrected chi connectivity index (χ0v) is 22.4. The van der Waals surface area contributed by atoms with Crippen molar-refractivity contribution >= 4 is 33.2 Å². The molecule has 0 radical (unpaired) electrons. The lowest BCUT2D eigenvalue weighted by Gasteiger charge is -2.40. The molecule has 0 saturated carbocycles. The Morgan fingerprint density at radius 2 is 1.76 bits per heavy atom. The summed E-state index contributed by atoms with van der Waals surface area (Å²) in [6, 6.07) is 9.54. The predicted octanol–water partition coefficient (Wildman–Crippen LogP) is 2.69. The van der Waals surface area contributed by atoms with Gasteiger partial charge >= 0.3 is 0 Å². The fourth-order valence-electron chi connectivity index (χ4n) is 5.48. The van der Waals surface area contributed by atoms with Crippen LogP contribution in [0.3, 0.4) is 0 Å². The largest absolute Gasteiger partial charge is 0.482 e. The van der Waals surface area contributed by atoms with Crippen molar-refractivity contribution in [2.75, 3.05) is 56.1 Å². The lowest BCUT2D eigenvalue weighted by atomic mass is 9.97. The molecule has 5 rings (SSSR count). The van der Waals surface area contributed by atoms with Gasteiger partial charge in [-0.3, -0.25) is 9.59 Å². The minimum absolute atomic E-state index is 0.0359. The number of fused-ring (bicyclic) bond motifs is 1. The Morgan fingerprint density at radius 1 is 1.00 bits per heavy atom. The molecule has 2 aromatic rings. The third-order valence-corrected chi connectivity index (χ3v) is 9.56. The Labute approximate surface area is 218 Å². The van der Waals surface area contributed by atoms with Crippen molar-refractivity contribution in [3.63, 3.8) is 0 Å². The Balaban J connectivity index is 1.26. The van der Waals surface area contributed by atoms with Gasteiger partial charge in [-0.05, 0) is 62.4 Å². The van der Waals surface area contributed by atoms with E-state index in [9.17, 15) is 18.0 Å². The number of benzene rings is 2. The van der Waals surface area contributed by atoms with Crippen LogP contribution in [0.4, 0.5) is 11.4 Å². The number of carbonyl (C=O) groups is 2. The maximum atomic E-state index is 13.6. The molecule has 198 valence electrons. The molecule has 2 saturated heterocycles. The quantitative estimate of drug-likeness (QED) is 0.658. The molecule has 2 aromatic carbocycles. The van der Waals surface area contributed by atoms with Crippen molar-refractivity contribution in [1.82, 2.24) is 9.21 Å². The molecule has 2 amide bonds. The Hall–Kier alpha value is -3.11. The number of hydrogen-bond donors (Lipinski definition) is 1. The van der Waals surface area contributed by atoms with Gasteiger partial charge in [-0.2, -0.15) is 4.31 Å². The maximum Gasteiger partial charge on any atom is 0.262 e.